The quantitative estimate of drug-likeness (QED) is 0.438. The van der Waals surface area contributed by atoms with E-state index in [1.54, 1.807) is 12.0 Å². The fourth-order valence-corrected chi connectivity index (χ4v) is 5.07. The Kier molecular flexibility index (Phi) is 6.92. The molecule has 1 fully saturated rings. The van der Waals surface area contributed by atoms with Gasteiger partial charge in [-0.15, -0.1) is 11.8 Å². The van der Waals surface area contributed by atoms with Crippen LogP contribution in [0.3, 0.4) is 0 Å². The summed E-state index contributed by atoms with van der Waals surface area (Å²) in [4.78, 5) is 26.8. The fourth-order valence-electron chi connectivity index (χ4n) is 4.28. The predicted molar refractivity (Wildman–Crippen MR) is 138 cm³/mol. The largest absolute Gasteiger partial charge is 0.497 e. The van der Waals surface area contributed by atoms with Gasteiger partial charge < -0.3 is 20.1 Å². The van der Waals surface area contributed by atoms with Crippen LogP contribution in [0.25, 0.3) is 11.1 Å². The molecule has 35 heavy (non-hydrogen) atoms. The van der Waals surface area contributed by atoms with Crippen molar-refractivity contribution in [3.05, 3.63) is 72.3 Å². The van der Waals surface area contributed by atoms with E-state index >= 15 is 0 Å². The Morgan fingerprint density at radius 1 is 1.09 bits per heavy atom. The topological polar surface area (TPSA) is 79.9 Å². The van der Waals surface area contributed by atoms with Crippen LogP contribution >= 0.6 is 11.8 Å². The Morgan fingerprint density at radius 3 is 2.77 bits per heavy atom. The number of benzene rings is 3. The number of anilines is 2. The van der Waals surface area contributed by atoms with E-state index in [-0.39, 0.29) is 18.1 Å². The summed E-state index contributed by atoms with van der Waals surface area (Å²) >= 11 is 1.50. The first-order valence-corrected chi connectivity index (χ1v) is 12.6. The summed E-state index contributed by atoms with van der Waals surface area (Å²) in [6, 6.07) is 22.1. The molecular formula is C27H27N3O4S. The number of thioether (sulfide) groups is 1. The van der Waals surface area contributed by atoms with E-state index in [0.29, 0.717) is 12.3 Å². The molecule has 0 aliphatic carbocycles. The van der Waals surface area contributed by atoms with Gasteiger partial charge in [-0.25, -0.2) is 4.79 Å². The lowest BCUT2D eigenvalue weighted by molar-refractivity contribution is -0.113. The van der Waals surface area contributed by atoms with E-state index in [2.05, 4.69) is 41.0 Å². The molecule has 5 rings (SSSR count). The van der Waals surface area contributed by atoms with Gasteiger partial charge in [-0.2, -0.15) is 0 Å². The molecule has 3 aromatic carbocycles. The minimum absolute atomic E-state index is 0.0263. The first-order valence-electron chi connectivity index (χ1n) is 11.6. The molecule has 7 nitrogen and oxygen atoms in total. The summed E-state index contributed by atoms with van der Waals surface area (Å²) in [5.41, 5.74) is 4.93. The standard InChI is InChI=1S/C27H27N3O4S/c1-33-22-7-3-6-20(13-22)19-5-2-4-18(12-19)15-28-11-10-23-16-30(27(32)34-23)21-8-9-25-24(14-21)29-26(31)17-35-25/h2-9,12-14,23,28H,10-11,15-17H2,1H3,(H,29,31). The lowest BCUT2D eigenvalue weighted by Crippen LogP contribution is -2.26. The van der Waals surface area contributed by atoms with Crippen molar-refractivity contribution >= 4 is 35.1 Å². The summed E-state index contributed by atoms with van der Waals surface area (Å²) in [5, 5.41) is 6.33. The Bertz CT molecular complexity index is 1250. The Morgan fingerprint density at radius 2 is 1.91 bits per heavy atom. The van der Waals surface area contributed by atoms with Gasteiger partial charge in [-0.05, 0) is 66.1 Å². The molecule has 8 heteroatoms. The smallest absolute Gasteiger partial charge is 0.414 e. The van der Waals surface area contributed by atoms with Crippen LogP contribution in [-0.2, 0) is 16.1 Å². The third kappa shape index (κ3) is 5.44. The number of hydrogen-bond donors (Lipinski definition) is 2. The highest BCUT2D eigenvalue weighted by Crippen LogP contribution is 2.35. The minimum Gasteiger partial charge on any atom is -0.497 e. The molecule has 2 N–H and O–H groups in total. The molecule has 0 bridgehead atoms. The number of nitrogens with zero attached hydrogens (tertiary/aromatic N) is 1. The second-order valence-electron chi connectivity index (χ2n) is 8.53. The van der Waals surface area contributed by atoms with E-state index < -0.39 is 0 Å². The van der Waals surface area contributed by atoms with Crippen molar-refractivity contribution in [2.45, 2.75) is 24.0 Å². The number of rotatable bonds is 8. The second-order valence-corrected chi connectivity index (χ2v) is 9.55. The predicted octanol–water partition coefficient (Wildman–Crippen LogP) is 4.91. The molecule has 2 heterocycles. The van der Waals surface area contributed by atoms with Crippen LogP contribution in [-0.4, -0.2) is 44.1 Å². The van der Waals surface area contributed by atoms with E-state index in [0.717, 1.165) is 52.7 Å². The van der Waals surface area contributed by atoms with Gasteiger partial charge in [0.1, 0.15) is 11.9 Å². The zero-order valence-electron chi connectivity index (χ0n) is 19.5. The second kappa shape index (κ2) is 10.4. The van der Waals surface area contributed by atoms with Crippen molar-refractivity contribution in [2.75, 3.05) is 36.2 Å². The molecule has 0 aromatic heterocycles. The fraction of sp³-hybridized carbons (Fsp3) is 0.259. The first-order chi connectivity index (χ1) is 17.1. The molecule has 1 saturated heterocycles. The highest BCUT2D eigenvalue weighted by Gasteiger charge is 2.32. The lowest BCUT2D eigenvalue weighted by atomic mass is 10.0. The highest BCUT2D eigenvalue weighted by atomic mass is 32.2. The summed E-state index contributed by atoms with van der Waals surface area (Å²) in [6.45, 7) is 1.95. The zero-order valence-corrected chi connectivity index (χ0v) is 20.3. The Labute approximate surface area is 208 Å². The van der Waals surface area contributed by atoms with Crippen molar-refractivity contribution in [3.63, 3.8) is 0 Å². The van der Waals surface area contributed by atoms with Gasteiger partial charge in [0.2, 0.25) is 5.91 Å². The number of amides is 2. The normalized spacial score (nSPS) is 17.1. The number of nitrogens with one attached hydrogen (secondary N) is 2. The third-order valence-electron chi connectivity index (χ3n) is 6.08. The molecule has 1 atom stereocenters. The van der Waals surface area contributed by atoms with Crippen molar-refractivity contribution in [1.82, 2.24) is 5.32 Å². The van der Waals surface area contributed by atoms with Gasteiger partial charge >= 0.3 is 6.09 Å². The molecule has 0 saturated carbocycles. The minimum atomic E-state index is -0.351. The van der Waals surface area contributed by atoms with E-state index in [9.17, 15) is 9.59 Å². The zero-order chi connectivity index (χ0) is 24.2. The molecule has 2 aliphatic heterocycles. The van der Waals surface area contributed by atoms with Crippen molar-refractivity contribution in [1.29, 1.82) is 0 Å². The Hall–Kier alpha value is -3.49. The molecule has 0 radical (unpaired) electrons. The van der Waals surface area contributed by atoms with Crippen LogP contribution in [0.15, 0.2) is 71.6 Å². The van der Waals surface area contributed by atoms with Crippen LogP contribution < -0.4 is 20.3 Å². The molecular weight excluding hydrogens is 462 g/mol. The Balaban J connectivity index is 1.13. The monoisotopic (exact) mass is 489 g/mol. The van der Waals surface area contributed by atoms with E-state index in [1.165, 1.54) is 17.3 Å². The molecule has 2 amide bonds. The van der Waals surface area contributed by atoms with Crippen molar-refractivity contribution in [3.8, 4) is 16.9 Å². The van der Waals surface area contributed by atoms with Crippen LogP contribution in [0, 0.1) is 0 Å². The van der Waals surface area contributed by atoms with Gasteiger partial charge in [-0.3, -0.25) is 9.69 Å². The van der Waals surface area contributed by atoms with Crippen LogP contribution in [0.4, 0.5) is 16.2 Å². The maximum absolute atomic E-state index is 12.5. The number of fused-ring (bicyclic) bond motifs is 1. The summed E-state index contributed by atoms with van der Waals surface area (Å²) in [5.74, 6) is 1.23. The van der Waals surface area contributed by atoms with E-state index in [4.69, 9.17) is 9.47 Å². The summed E-state index contributed by atoms with van der Waals surface area (Å²) in [7, 11) is 1.67. The summed E-state index contributed by atoms with van der Waals surface area (Å²) in [6.07, 6.45) is 0.184. The summed E-state index contributed by atoms with van der Waals surface area (Å²) < 4.78 is 10.9. The maximum Gasteiger partial charge on any atom is 0.414 e. The van der Waals surface area contributed by atoms with Crippen LogP contribution in [0.2, 0.25) is 0 Å². The number of hydrogen-bond acceptors (Lipinski definition) is 6. The van der Waals surface area contributed by atoms with Crippen molar-refractivity contribution < 1.29 is 19.1 Å². The first kappa shape index (κ1) is 23.3. The van der Waals surface area contributed by atoms with Gasteiger partial charge in [-0.1, -0.05) is 30.3 Å². The number of carbonyl (C=O) groups excluding carboxylic acids is 2. The average molecular weight is 490 g/mol. The van der Waals surface area contributed by atoms with E-state index in [1.807, 2.05) is 36.4 Å². The number of methoxy groups -OCH3 is 1. The van der Waals surface area contributed by atoms with Crippen LogP contribution in [0.1, 0.15) is 12.0 Å². The average Bonchev–Trinajstić information content (AvgIpc) is 3.26. The molecule has 3 aromatic rings. The number of ether oxygens (including phenoxy) is 2. The molecule has 2 aliphatic rings. The highest BCUT2D eigenvalue weighted by molar-refractivity contribution is 8.00. The van der Waals surface area contributed by atoms with Crippen molar-refractivity contribution in [2.24, 2.45) is 0 Å². The third-order valence-corrected chi connectivity index (χ3v) is 7.16. The number of carbonyl (C=O) groups is 2. The van der Waals surface area contributed by atoms with Gasteiger partial charge in [0.05, 0.1) is 25.1 Å². The SMILES string of the molecule is COc1cccc(-c2cccc(CNCCC3CN(c4ccc5c(c4)NC(=O)CS5)C(=O)O3)c2)c1. The molecule has 0 spiro atoms. The molecule has 1 unspecified atom stereocenters. The van der Waals surface area contributed by atoms with Gasteiger partial charge in [0, 0.05) is 17.1 Å². The number of cyclic esters (lactones) is 1. The van der Waals surface area contributed by atoms with Gasteiger partial charge in [0.25, 0.3) is 0 Å². The van der Waals surface area contributed by atoms with Crippen LogP contribution in [0.5, 0.6) is 5.75 Å². The lowest BCUT2D eigenvalue weighted by Gasteiger charge is -2.20. The maximum atomic E-state index is 12.5. The molecule has 180 valence electrons. The van der Waals surface area contributed by atoms with Gasteiger partial charge in [0.15, 0.2) is 0 Å².